The summed E-state index contributed by atoms with van der Waals surface area (Å²) in [4.78, 5) is 60.2. The first kappa shape index (κ1) is 29.3. The van der Waals surface area contributed by atoms with Gasteiger partial charge in [0.15, 0.2) is 5.12 Å². The Morgan fingerprint density at radius 2 is 1.70 bits per heavy atom. The van der Waals surface area contributed by atoms with Crippen LogP contribution >= 0.6 is 11.8 Å². The summed E-state index contributed by atoms with van der Waals surface area (Å²) in [5, 5.41) is 24.9. The van der Waals surface area contributed by atoms with Crippen LogP contribution in [-0.2, 0) is 27.2 Å². The van der Waals surface area contributed by atoms with E-state index in [1.165, 1.54) is 36.1 Å². The molecule has 198 valence electrons. The number of carbonyl (C=O) groups excluding carboxylic acids is 3. The molecule has 1 atom stereocenters. The minimum atomic E-state index is -1.08. The van der Waals surface area contributed by atoms with Crippen molar-refractivity contribution in [3.05, 3.63) is 75.8 Å². The number of nitrogens with zero attached hydrogens (tertiary/aromatic N) is 2. The smallest absolute Gasteiger partial charge is 0.318 e. The van der Waals surface area contributed by atoms with E-state index in [0.29, 0.717) is 24.3 Å². The molecule has 0 saturated heterocycles. The Morgan fingerprint density at radius 3 is 2.30 bits per heavy atom. The monoisotopic (exact) mass is 530 g/mol. The van der Waals surface area contributed by atoms with E-state index in [2.05, 4.69) is 10.6 Å². The second-order valence-corrected chi connectivity index (χ2v) is 9.40. The average Bonchev–Trinajstić information content (AvgIpc) is 2.86. The number of carboxylic acids is 1. The second kappa shape index (κ2) is 15.2. The number of rotatable bonds is 14. The predicted molar refractivity (Wildman–Crippen MR) is 139 cm³/mol. The molecule has 2 aromatic rings. The molecule has 0 saturated carbocycles. The maximum atomic E-state index is 13.2. The van der Waals surface area contributed by atoms with Crippen LogP contribution in [0.5, 0.6) is 0 Å². The van der Waals surface area contributed by atoms with Gasteiger partial charge in [-0.2, -0.15) is 0 Å². The molecule has 0 bridgehead atoms. The topological polar surface area (TPSA) is 159 Å². The van der Waals surface area contributed by atoms with E-state index < -0.39 is 28.9 Å². The van der Waals surface area contributed by atoms with E-state index in [4.69, 9.17) is 5.11 Å². The van der Waals surface area contributed by atoms with Gasteiger partial charge in [0.1, 0.15) is 6.04 Å². The van der Waals surface area contributed by atoms with Gasteiger partial charge in [0.2, 0.25) is 5.91 Å². The van der Waals surface area contributed by atoms with Crippen LogP contribution in [0.1, 0.15) is 24.5 Å². The number of carboxylic acid groups (broad SMARTS) is 1. The number of hydrogen-bond donors (Lipinski definition) is 3. The molecular formula is C25H30N4O7S. The third-order valence-corrected chi connectivity index (χ3v) is 6.10. The molecular weight excluding hydrogens is 500 g/mol. The van der Waals surface area contributed by atoms with E-state index >= 15 is 0 Å². The van der Waals surface area contributed by atoms with Crippen LogP contribution in [0.4, 0.5) is 10.5 Å². The fraction of sp³-hybridized carbons (Fsp3) is 0.360. The van der Waals surface area contributed by atoms with Crippen LogP contribution in [0.25, 0.3) is 0 Å². The minimum absolute atomic E-state index is 0.0390. The number of hydrogen-bond acceptors (Lipinski definition) is 7. The highest BCUT2D eigenvalue weighted by Gasteiger charge is 2.24. The van der Waals surface area contributed by atoms with Crippen molar-refractivity contribution in [3.63, 3.8) is 0 Å². The Labute approximate surface area is 218 Å². The Kier molecular flexibility index (Phi) is 12.1. The lowest BCUT2D eigenvalue weighted by atomic mass is 10.0. The number of amides is 3. The lowest BCUT2D eigenvalue weighted by Gasteiger charge is -2.26. The quantitative estimate of drug-likeness (QED) is 0.248. The zero-order chi connectivity index (χ0) is 27.2. The first-order valence-electron chi connectivity index (χ1n) is 11.6. The molecule has 0 spiro atoms. The molecule has 0 heterocycles. The molecule has 1 unspecified atom stereocenters. The van der Waals surface area contributed by atoms with E-state index in [1.807, 2.05) is 30.3 Å². The molecule has 12 heteroatoms. The maximum absolute atomic E-state index is 13.2. The van der Waals surface area contributed by atoms with Gasteiger partial charge in [0.25, 0.3) is 5.69 Å². The highest BCUT2D eigenvalue weighted by atomic mass is 32.2. The van der Waals surface area contributed by atoms with E-state index in [1.54, 1.807) is 0 Å². The second-order valence-electron chi connectivity index (χ2n) is 8.13. The molecule has 11 nitrogen and oxygen atoms in total. The molecule has 2 aromatic carbocycles. The van der Waals surface area contributed by atoms with E-state index in [-0.39, 0.29) is 36.7 Å². The summed E-state index contributed by atoms with van der Waals surface area (Å²) in [5.74, 6) is -1.27. The molecule has 0 aliphatic carbocycles. The van der Waals surface area contributed by atoms with Crippen LogP contribution < -0.4 is 10.6 Å². The van der Waals surface area contributed by atoms with Gasteiger partial charge >= 0.3 is 12.0 Å². The molecule has 0 aliphatic heterocycles. The van der Waals surface area contributed by atoms with Crippen molar-refractivity contribution < 1.29 is 29.2 Å². The van der Waals surface area contributed by atoms with Crippen molar-refractivity contribution in [1.82, 2.24) is 15.5 Å². The first-order chi connectivity index (χ1) is 17.7. The molecule has 3 N–H and O–H groups in total. The number of nitro groups is 1. The minimum Gasteiger partial charge on any atom is -0.481 e. The lowest BCUT2D eigenvalue weighted by molar-refractivity contribution is -0.384. The van der Waals surface area contributed by atoms with Crippen LogP contribution in [0.15, 0.2) is 54.6 Å². The molecule has 0 fully saturated rings. The van der Waals surface area contributed by atoms with Crippen LogP contribution in [-0.4, -0.2) is 69.4 Å². The summed E-state index contributed by atoms with van der Waals surface area (Å²) >= 11 is 1.09. The zero-order valence-electron chi connectivity index (χ0n) is 20.4. The number of nitrogens with one attached hydrogen (secondary N) is 2. The van der Waals surface area contributed by atoms with Crippen molar-refractivity contribution in [3.8, 4) is 0 Å². The van der Waals surface area contributed by atoms with Crippen LogP contribution in [0.3, 0.4) is 0 Å². The fourth-order valence-electron chi connectivity index (χ4n) is 3.38. The van der Waals surface area contributed by atoms with E-state index in [9.17, 15) is 29.3 Å². The van der Waals surface area contributed by atoms with Gasteiger partial charge in [-0.1, -0.05) is 54.2 Å². The lowest BCUT2D eigenvalue weighted by Crippen LogP contribution is -2.53. The first-order valence-corrected chi connectivity index (χ1v) is 12.6. The third-order valence-electron chi connectivity index (χ3n) is 5.31. The fourth-order valence-corrected chi connectivity index (χ4v) is 3.98. The van der Waals surface area contributed by atoms with Crippen LogP contribution in [0.2, 0.25) is 0 Å². The summed E-state index contributed by atoms with van der Waals surface area (Å²) in [6.07, 6.45) is 0.323. The summed E-state index contributed by atoms with van der Waals surface area (Å²) in [7, 11) is 0. The van der Waals surface area contributed by atoms with Gasteiger partial charge < -0.3 is 20.6 Å². The number of carbonyl (C=O) groups is 4. The van der Waals surface area contributed by atoms with E-state index in [0.717, 1.165) is 17.3 Å². The molecule has 0 radical (unpaired) electrons. The summed E-state index contributed by atoms with van der Waals surface area (Å²) in [6, 6.07) is 13.6. The molecule has 0 aliphatic rings. The van der Waals surface area contributed by atoms with Crippen molar-refractivity contribution >= 4 is 40.5 Å². The van der Waals surface area contributed by atoms with Crippen molar-refractivity contribution in [2.75, 3.05) is 25.4 Å². The zero-order valence-corrected chi connectivity index (χ0v) is 21.2. The number of aliphatic carboxylic acids is 1. The summed E-state index contributed by atoms with van der Waals surface area (Å²) in [5.41, 5.74) is 1.49. The number of thioether (sulfide) groups is 1. The largest absolute Gasteiger partial charge is 0.481 e. The molecule has 37 heavy (non-hydrogen) atoms. The van der Waals surface area contributed by atoms with Gasteiger partial charge in [-0.15, -0.1) is 0 Å². The van der Waals surface area contributed by atoms with Gasteiger partial charge in [-0.25, -0.2) is 4.79 Å². The van der Waals surface area contributed by atoms with Crippen molar-refractivity contribution in [1.29, 1.82) is 0 Å². The Morgan fingerprint density at radius 1 is 1.03 bits per heavy atom. The third kappa shape index (κ3) is 11.1. The normalized spacial score (nSPS) is 11.3. The van der Waals surface area contributed by atoms with Gasteiger partial charge in [0.05, 0.1) is 11.3 Å². The predicted octanol–water partition coefficient (Wildman–Crippen LogP) is 2.63. The summed E-state index contributed by atoms with van der Waals surface area (Å²) < 4.78 is 0. The maximum Gasteiger partial charge on any atom is 0.318 e. The van der Waals surface area contributed by atoms with Gasteiger partial charge in [-0.05, 0) is 17.5 Å². The van der Waals surface area contributed by atoms with Gasteiger partial charge in [0, 0.05) is 50.9 Å². The van der Waals surface area contributed by atoms with Crippen molar-refractivity contribution in [2.45, 2.75) is 32.2 Å². The molecule has 3 amide bonds. The van der Waals surface area contributed by atoms with Crippen LogP contribution in [0, 0.1) is 10.1 Å². The molecule has 2 rings (SSSR count). The standard InChI is InChI=1S/C25H30N4O7S/c1-18(30)37-16-15-28(14-12-19-5-3-2-4-6-19)25(34)27-22(24(33)26-13-11-23(31)32)17-20-7-9-21(10-8-20)29(35)36/h2-10,22H,11-17H2,1H3,(H,26,33)(H,27,34)(H,31,32). The highest BCUT2D eigenvalue weighted by molar-refractivity contribution is 8.13. The molecule has 0 aromatic heterocycles. The number of non-ortho nitro benzene ring substituents is 1. The SMILES string of the molecule is CC(=O)SCCN(CCc1ccccc1)C(=O)NC(Cc1ccc([N+](=O)[O-])cc1)C(=O)NCCC(=O)O. The number of benzene rings is 2. The Bertz CT molecular complexity index is 1080. The number of urea groups is 1. The highest BCUT2D eigenvalue weighted by Crippen LogP contribution is 2.14. The Balaban J connectivity index is 2.16. The Hall–Kier alpha value is -3.93. The van der Waals surface area contributed by atoms with Gasteiger partial charge in [-0.3, -0.25) is 24.5 Å². The summed E-state index contributed by atoms with van der Waals surface area (Å²) in [6.45, 7) is 1.95. The number of nitro benzene ring substituents is 1. The van der Waals surface area contributed by atoms with Crippen molar-refractivity contribution in [2.24, 2.45) is 0 Å². The average molecular weight is 531 g/mol.